The van der Waals surface area contributed by atoms with E-state index in [1.54, 1.807) is 6.26 Å². The minimum atomic E-state index is 0.0301. The van der Waals surface area contributed by atoms with Gasteiger partial charge >= 0.3 is 0 Å². The molecule has 1 fully saturated rings. The quantitative estimate of drug-likeness (QED) is 0.935. The highest BCUT2D eigenvalue weighted by molar-refractivity contribution is 5.16. The lowest BCUT2D eigenvalue weighted by atomic mass is 9.80. The Morgan fingerprint density at radius 2 is 2.05 bits per heavy atom. The van der Waals surface area contributed by atoms with E-state index in [0.717, 1.165) is 23.4 Å². The van der Waals surface area contributed by atoms with Crippen LogP contribution in [0.4, 0.5) is 0 Å². The van der Waals surface area contributed by atoms with Gasteiger partial charge in [0.2, 0.25) is 0 Å². The largest absolute Gasteiger partial charge is 0.467 e. The average molecular weight is 287 g/mol. The predicted molar refractivity (Wildman–Crippen MR) is 82.9 cm³/mol. The molecule has 0 spiro atoms. The van der Waals surface area contributed by atoms with Crippen molar-refractivity contribution in [3.05, 3.63) is 42.4 Å². The third-order valence-corrected chi connectivity index (χ3v) is 4.53. The van der Waals surface area contributed by atoms with Crippen molar-refractivity contribution in [2.24, 2.45) is 18.9 Å². The van der Waals surface area contributed by atoms with Gasteiger partial charge in [0.15, 0.2) is 0 Å². The summed E-state index contributed by atoms with van der Waals surface area (Å²) in [5.41, 5.74) is 0. The smallest absolute Gasteiger partial charge is 0.133 e. The monoisotopic (exact) mass is 287 g/mol. The molecule has 1 N–H and O–H groups in total. The fourth-order valence-corrected chi connectivity index (χ4v) is 3.71. The second-order valence-electron chi connectivity index (χ2n) is 6.63. The van der Waals surface area contributed by atoms with Gasteiger partial charge in [-0.1, -0.05) is 13.8 Å². The average Bonchev–Trinajstić information content (AvgIpc) is 3.06. The van der Waals surface area contributed by atoms with E-state index in [9.17, 15) is 0 Å². The number of aromatic nitrogens is 2. The molecule has 1 aliphatic carbocycles. The summed E-state index contributed by atoms with van der Waals surface area (Å²) in [6.07, 6.45) is 9.36. The Balaban J connectivity index is 1.82. The van der Waals surface area contributed by atoms with Gasteiger partial charge in [-0.2, -0.15) is 0 Å². The van der Waals surface area contributed by atoms with Gasteiger partial charge in [0, 0.05) is 25.5 Å². The van der Waals surface area contributed by atoms with Crippen LogP contribution in [0.15, 0.2) is 35.2 Å². The first-order chi connectivity index (χ1) is 10.1. The molecule has 114 valence electrons. The van der Waals surface area contributed by atoms with Gasteiger partial charge in [-0.15, -0.1) is 0 Å². The fraction of sp³-hybridized carbons (Fsp3) is 0.588. The van der Waals surface area contributed by atoms with Crippen LogP contribution in [0.2, 0.25) is 0 Å². The highest BCUT2D eigenvalue weighted by atomic mass is 16.3. The normalized spacial score (nSPS) is 27.7. The molecule has 0 aromatic carbocycles. The van der Waals surface area contributed by atoms with E-state index in [2.05, 4.69) is 28.7 Å². The number of imidazole rings is 1. The minimum absolute atomic E-state index is 0.0301. The summed E-state index contributed by atoms with van der Waals surface area (Å²) in [6.45, 7) is 4.71. The maximum Gasteiger partial charge on any atom is 0.133 e. The Bertz CT molecular complexity index is 550. The maximum absolute atomic E-state index is 5.65. The van der Waals surface area contributed by atoms with E-state index < -0.39 is 0 Å². The van der Waals surface area contributed by atoms with Crippen LogP contribution in [0.3, 0.4) is 0 Å². The molecule has 0 aliphatic heterocycles. The molecule has 21 heavy (non-hydrogen) atoms. The first-order valence-electron chi connectivity index (χ1n) is 7.90. The number of hydrogen-bond acceptors (Lipinski definition) is 3. The molecule has 2 aromatic rings. The number of nitrogens with one attached hydrogen (secondary N) is 1. The third kappa shape index (κ3) is 3.21. The van der Waals surface area contributed by atoms with Crippen LogP contribution in [0.1, 0.15) is 50.7 Å². The van der Waals surface area contributed by atoms with Crippen LogP contribution >= 0.6 is 0 Å². The van der Waals surface area contributed by atoms with Crippen LogP contribution in [0.25, 0.3) is 0 Å². The summed E-state index contributed by atoms with van der Waals surface area (Å²) in [4.78, 5) is 4.52. The predicted octanol–water partition coefficient (Wildman–Crippen LogP) is 3.52. The van der Waals surface area contributed by atoms with Gasteiger partial charge in [0.05, 0.1) is 6.26 Å². The highest BCUT2D eigenvalue weighted by Gasteiger charge is 2.29. The molecule has 1 aliphatic rings. The zero-order valence-corrected chi connectivity index (χ0v) is 13.1. The molecule has 2 aromatic heterocycles. The maximum atomic E-state index is 5.65. The van der Waals surface area contributed by atoms with E-state index in [1.165, 1.54) is 19.3 Å². The van der Waals surface area contributed by atoms with E-state index in [1.807, 2.05) is 31.6 Å². The Labute approximate surface area is 126 Å². The van der Waals surface area contributed by atoms with Crippen LogP contribution in [-0.4, -0.2) is 15.6 Å². The first kappa shape index (κ1) is 14.4. The van der Waals surface area contributed by atoms with Gasteiger partial charge in [0.25, 0.3) is 0 Å². The molecule has 1 saturated carbocycles. The number of hydrogen-bond donors (Lipinski definition) is 1. The lowest BCUT2D eigenvalue weighted by Crippen LogP contribution is -2.39. The second kappa shape index (κ2) is 6.06. The lowest BCUT2D eigenvalue weighted by molar-refractivity contribution is 0.224. The van der Waals surface area contributed by atoms with Crippen molar-refractivity contribution in [3.63, 3.8) is 0 Å². The van der Waals surface area contributed by atoms with Gasteiger partial charge in [-0.25, -0.2) is 4.98 Å². The Kier molecular flexibility index (Phi) is 4.15. The van der Waals surface area contributed by atoms with Crippen molar-refractivity contribution in [1.29, 1.82) is 0 Å². The van der Waals surface area contributed by atoms with Crippen molar-refractivity contribution in [3.8, 4) is 0 Å². The summed E-state index contributed by atoms with van der Waals surface area (Å²) in [5, 5.41) is 3.79. The van der Waals surface area contributed by atoms with E-state index in [0.29, 0.717) is 6.04 Å². The molecular formula is C17H25N3O. The summed E-state index contributed by atoms with van der Waals surface area (Å²) in [6, 6.07) is 4.53. The molecule has 3 rings (SSSR count). The van der Waals surface area contributed by atoms with Crippen molar-refractivity contribution in [2.45, 2.75) is 45.2 Å². The summed E-state index contributed by atoms with van der Waals surface area (Å²) < 4.78 is 7.72. The van der Waals surface area contributed by atoms with Crippen molar-refractivity contribution in [1.82, 2.24) is 14.9 Å². The van der Waals surface area contributed by atoms with E-state index in [4.69, 9.17) is 4.42 Å². The zero-order chi connectivity index (χ0) is 14.8. The minimum Gasteiger partial charge on any atom is -0.467 e. The van der Waals surface area contributed by atoms with E-state index in [-0.39, 0.29) is 6.04 Å². The SMILES string of the molecule is CC1CC(C)CC(NC(c2ccco2)c2nccn2C)C1. The van der Waals surface area contributed by atoms with Gasteiger partial charge < -0.3 is 8.98 Å². The highest BCUT2D eigenvalue weighted by Crippen LogP contribution is 2.31. The molecule has 0 saturated heterocycles. The molecule has 3 atom stereocenters. The van der Waals surface area contributed by atoms with Crippen LogP contribution in [0, 0.1) is 11.8 Å². The molecule has 3 unspecified atom stereocenters. The van der Waals surface area contributed by atoms with Crippen molar-refractivity contribution in [2.75, 3.05) is 0 Å². The lowest BCUT2D eigenvalue weighted by Gasteiger charge is -2.34. The fourth-order valence-electron chi connectivity index (χ4n) is 3.71. The van der Waals surface area contributed by atoms with E-state index >= 15 is 0 Å². The third-order valence-electron chi connectivity index (χ3n) is 4.53. The number of aryl methyl sites for hydroxylation is 1. The second-order valence-corrected chi connectivity index (χ2v) is 6.63. The Morgan fingerprint density at radius 3 is 2.62 bits per heavy atom. The van der Waals surface area contributed by atoms with Gasteiger partial charge in [-0.3, -0.25) is 5.32 Å². The molecule has 4 heteroatoms. The Hall–Kier alpha value is -1.55. The topological polar surface area (TPSA) is 43.0 Å². The molecule has 2 heterocycles. The number of nitrogens with zero attached hydrogens (tertiary/aromatic N) is 2. The summed E-state index contributed by atoms with van der Waals surface area (Å²) in [7, 11) is 2.03. The molecular weight excluding hydrogens is 262 g/mol. The molecule has 0 bridgehead atoms. The number of rotatable bonds is 4. The molecule has 0 amide bonds. The van der Waals surface area contributed by atoms with Gasteiger partial charge in [-0.05, 0) is 43.2 Å². The van der Waals surface area contributed by atoms with Crippen LogP contribution in [0.5, 0.6) is 0 Å². The van der Waals surface area contributed by atoms with Crippen LogP contribution < -0.4 is 5.32 Å². The summed E-state index contributed by atoms with van der Waals surface area (Å²) in [5.74, 6) is 3.51. The van der Waals surface area contributed by atoms with Gasteiger partial charge in [0.1, 0.15) is 17.6 Å². The molecule has 4 nitrogen and oxygen atoms in total. The Morgan fingerprint density at radius 1 is 1.29 bits per heavy atom. The first-order valence-corrected chi connectivity index (χ1v) is 7.90. The van der Waals surface area contributed by atoms with Crippen LogP contribution in [-0.2, 0) is 7.05 Å². The zero-order valence-electron chi connectivity index (χ0n) is 13.1. The summed E-state index contributed by atoms with van der Waals surface area (Å²) >= 11 is 0. The van der Waals surface area contributed by atoms with Crippen molar-refractivity contribution < 1.29 is 4.42 Å². The molecule has 0 radical (unpaired) electrons. The number of furan rings is 1. The van der Waals surface area contributed by atoms with Crippen molar-refractivity contribution >= 4 is 0 Å². The standard InChI is InChI=1S/C17H25N3O/c1-12-9-13(2)11-14(10-12)19-16(15-5-4-8-21-15)17-18-6-7-20(17)3/h4-8,12-14,16,19H,9-11H2,1-3H3.